The maximum absolute atomic E-state index is 12.3. The Morgan fingerprint density at radius 3 is 2.68 bits per heavy atom. The highest BCUT2D eigenvalue weighted by Gasteiger charge is 2.35. The number of nitrogens with two attached hydrogens (primary N) is 1. The van der Waals surface area contributed by atoms with Crippen LogP contribution in [0.15, 0.2) is 30.3 Å². The minimum absolute atomic E-state index is 0.109. The van der Waals surface area contributed by atoms with E-state index in [0.717, 1.165) is 32.5 Å². The molecule has 1 amide bonds. The molecule has 0 spiro atoms. The van der Waals surface area contributed by atoms with Crippen molar-refractivity contribution in [1.82, 2.24) is 9.80 Å². The number of hydrogen-bond acceptors (Lipinski definition) is 3. The molecule has 22 heavy (non-hydrogen) atoms. The van der Waals surface area contributed by atoms with Crippen LogP contribution < -0.4 is 5.73 Å². The van der Waals surface area contributed by atoms with Crippen LogP contribution in [0.25, 0.3) is 0 Å². The van der Waals surface area contributed by atoms with E-state index in [1.54, 1.807) is 6.92 Å². The van der Waals surface area contributed by atoms with Crippen LogP contribution in [0.4, 0.5) is 0 Å². The lowest BCUT2D eigenvalue weighted by atomic mass is 10.1. The van der Waals surface area contributed by atoms with Crippen LogP contribution in [0, 0.1) is 0 Å². The first-order valence-corrected chi connectivity index (χ1v) is 8.49. The normalized spacial score (nSPS) is 23.0. The minimum atomic E-state index is -0.385. The van der Waals surface area contributed by atoms with E-state index < -0.39 is 0 Å². The highest BCUT2D eigenvalue weighted by molar-refractivity contribution is 5.81. The zero-order valence-electron chi connectivity index (χ0n) is 13.4. The molecule has 2 N–H and O–H groups in total. The quantitative estimate of drug-likeness (QED) is 0.874. The molecule has 1 aliphatic heterocycles. The van der Waals surface area contributed by atoms with Gasteiger partial charge in [0.05, 0.1) is 6.04 Å². The predicted octanol–water partition coefficient (Wildman–Crippen LogP) is 1.99. The van der Waals surface area contributed by atoms with E-state index >= 15 is 0 Å². The van der Waals surface area contributed by atoms with Crippen molar-refractivity contribution in [3.05, 3.63) is 35.9 Å². The molecule has 2 fully saturated rings. The number of rotatable bonds is 6. The number of nitrogens with zero attached hydrogens (tertiary/aromatic N) is 2. The Bertz CT molecular complexity index is 498. The smallest absolute Gasteiger partial charge is 0.239 e. The van der Waals surface area contributed by atoms with Gasteiger partial charge in [-0.2, -0.15) is 0 Å². The highest BCUT2D eigenvalue weighted by atomic mass is 16.2. The summed E-state index contributed by atoms with van der Waals surface area (Å²) in [5, 5.41) is 0. The molecule has 1 heterocycles. The van der Waals surface area contributed by atoms with Crippen molar-refractivity contribution in [1.29, 1.82) is 0 Å². The van der Waals surface area contributed by atoms with E-state index in [9.17, 15) is 4.79 Å². The molecule has 0 aromatic heterocycles. The molecule has 1 aromatic carbocycles. The molecule has 0 bridgehead atoms. The van der Waals surface area contributed by atoms with Gasteiger partial charge in [-0.1, -0.05) is 30.3 Å². The topological polar surface area (TPSA) is 49.6 Å². The monoisotopic (exact) mass is 301 g/mol. The third-order valence-electron chi connectivity index (χ3n) is 4.79. The van der Waals surface area contributed by atoms with Crippen LogP contribution in [-0.4, -0.2) is 46.9 Å². The van der Waals surface area contributed by atoms with E-state index in [2.05, 4.69) is 35.2 Å². The second-order valence-corrected chi connectivity index (χ2v) is 6.76. The Morgan fingerprint density at radius 2 is 2.05 bits per heavy atom. The van der Waals surface area contributed by atoms with Crippen molar-refractivity contribution in [3.8, 4) is 0 Å². The van der Waals surface area contributed by atoms with Crippen LogP contribution in [0.2, 0.25) is 0 Å². The first kappa shape index (κ1) is 15.5. The van der Waals surface area contributed by atoms with Crippen LogP contribution in [0.5, 0.6) is 0 Å². The van der Waals surface area contributed by atoms with Crippen molar-refractivity contribution in [2.24, 2.45) is 5.73 Å². The van der Waals surface area contributed by atoms with Gasteiger partial charge in [0.25, 0.3) is 0 Å². The molecule has 1 aliphatic carbocycles. The zero-order valence-corrected chi connectivity index (χ0v) is 13.4. The summed E-state index contributed by atoms with van der Waals surface area (Å²) in [6.07, 6.45) is 4.80. The molecule has 120 valence electrons. The fourth-order valence-corrected chi connectivity index (χ4v) is 3.45. The maximum Gasteiger partial charge on any atom is 0.239 e. The molecular weight excluding hydrogens is 274 g/mol. The third kappa shape index (κ3) is 3.68. The van der Waals surface area contributed by atoms with Gasteiger partial charge in [0, 0.05) is 31.7 Å². The lowest BCUT2D eigenvalue weighted by Gasteiger charge is -2.32. The summed E-state index contributed by atoms with van der Waals surface area (Å²) in [5.74, 6) is 0.109. The average molecular weight is 301 g/mol. The molecule has 1 aromatic rings. The van der Waals surface area contributed by atoms with Crippen LogP contribution >= 0.6 is 0 Å². The number of amides is 1. The maximum atomic E-state index is 12.3. The third-order valence-corrected chi connectivity index (χ3v) is 4.79. The Hall–Kier alpha value is -1.39. The Kier molecular flexibility index (Phi) is 4.79. The molecule has 1 saturated heterocycles. The SMILES string of the molecule is CC(N)C(=O)N1CCC[C@H]1CN(Cc1ccccc1)C1CC1. The summed E-state index contributed by atoms with van der Waals surface area (Å²) in [6.45, 7) is 4.63. The Balaban J connectivity index is 1.64. The standard InChI is InChI=1S/C18H27N3O/c1-14(19)18(22)21-11-5-8-17(21)13-20(16-9-10-16)12-15-6-3-2-4-7-15/h2-4,6-7,14,16-17H,5,8-13,19H2,1H3/t14?,17-/m0/s1. The van der Waals surface area contributed by atoms with Gasteiger partial charge in [-0.3, -0.25) is 9.69 Å². The Labute approximate surface area is 133 Å². The van der Waals surface area contributed by atoms with Crippen LogP contribution in [0.3, 0.4) is 0 Å². The summed E-state index contributed by atoms with van der Waals surface area (Å²) in [4.78, 5) is 16.8. The van der Waals surface area contributed by atoms with Crippen molar-refractivity contribution in [3.63, 3.8) is 0 Å². The summed E-state index contributed by atoms with van der Waals surface area (Å²) in [7, 11) is 0. The summed E-state index contributed by atoms with van der Waals surface area (Å²) in [6, 6.07) is 11.3. The second kappa shape index (κ2) is 6.80. The van der Waals surface area contributed by atoms with E-state index in [4.69, 9.17) is 5.73 Å². The molecule has 4 heteroatoms. The van der Waals surface area contributed by atoms with Gasteiger partial charge in [-0.25, -0.2) is 0 Å². The van der Waals surface area contributed by atoms with Crippen molar-refractivity contribution in [2.75, 3.05) is 13.1 Å². The zero-order chi connectivity index (χ0) is 15.5. The van der Waals surface area contributed by atoms with Crippen LogP contribution in [-0.2, 0) is 11.3 Å². The van der Waals surface area contributed by atoms with Gasteiger partial charge in [-0.15, -0.1) is 0 Å². The molecule has 1 unspecified atom stereocenters. The molecule has 4 nitrogen and oxygen atoms in total. The predicted molar refractivity (Wildman–Crippen MR) is 88.3 cm³/mol. The molecule has 2 atom stereocenters. The fourth-order valence-electron chi connectivity index (χ4n) is 3.45. The number of benzene rings is 1. The number of hydrogen-bond donors (Lipinski definition) is 1. The van der Waals surface area contributed by atoms with Gasteiger partial charge >= 0.3 is 0 Å². The molecule has 3 rings (SSSR count). The van der Waals surface area contributed by atoms with E-state index in [1.165, 1.54) is 18.4 Å². The lowest BCUT2D eigenvalue weighted by Crippen LogP contribution is -2.48. The second-order valence-electron chi connectivity index (χ2n) is 6.76. The molecule has 1 saturated carbocycles. The fraction of sp³-hybridized carbons (Fsp3) is 0.611. The van der Waals surface area contributed by atoms with Crippen LogP contribution in [0.1, 0.15) is 38.2 Å². The summed E-state index contributed by atoms with van der Waals surface area (Å²) in [5.41, 5.74) is 7.16. The number of carbonyl (C=O) groups excluding carboxylic acids is 1. The van der Waals surface area contributed by atoms with Gasteiger partial charge in [0.2, 0.25) is 5.91 Å². The van der Waals surface area contributed by atoms with Crippen molar-refractivity contribution < 1.29 is 4.79 Å². The molecule has 0 radical (unpaired) electrons. The van der Waals surface area contributed by atoms with Gasteiger partial charge in [0.1, 0.15) is 0 Å². The number of likely N-dealkylation sites (tertiary alicyclic amines) is 1. The van der Waals surface area contributed by atoms with Gasteiger partial charge < -0.3 is 10.6 Å². The molecular formula is C18H27N3O. The van der Waals surface area contributed by atoms with E-state index in [1.807, 2.05) is 4.90 Å². The highest BCUT2D eigenvalue weighted by Crippen LogP contribution is 2.30. The Morgan fingerprint density at radius 1 is 1.32 bits per heavy atom. The van der Waals surface area contributed by atoms with Gasteiger partial charge in [-0.05, 0) is 38.2 Å². The minimum Gasteiger partial charge on any atom is -0.337 e. The van der Waals surface area contributed by atoms with Crippen molar-refractivity contribution >= 4 is 5.91 Å². The van der Waals surface area contributed by atoms with E-state index in [0.29, 0.717) is 12.1 Å². The van der Waals surface area contributed by atoms with Crippen molar-refractivity contribution in [2.45, 2.75) is 57.3 Å². The average Bonchev–Trinajstić information content (AvgIpc) is 3.27. The summed E-state index contributed by atoms with van der Waals surface area (Å²) < 4.78 is 0. The van der Waals surface area contributed by atoms with E-state index in [-0.39, 0.29) is 11.9 Å². The molecule has 2 aliphatic rings. The first-order chi connectivity index (χ1) is 10.6. The first-order valence-electron chi connectivity index (χ1n) is 8.49. The van der Waals surface area contributed by atoms with Gasteiger partial charge in [0.15, 0.2) is 0 Å². The summed E-state index contributed by atoms with van der Waals surface area (Å²) >= 11 is 0. The largest absolute Gasteiger partial charge is 0.337 e. The lowest BCUT2D eigenvalue weighted by molar-refractivity contribution is -0.133. The number of carbonyl (C=O) groups is 1.